The van der Waals surface area contributed by atoms with Gasteiger partial charge in [0, 0.05) is 9.89 Å². The van der Waals surface area contributed by atoms with Gasteiger partial charge in [0.2, 0.25) is 5.91 Å². The third kappa shape index (κ3) is 3.38. The number of hydrogen-bond donors (Lipinski definition) is 1. The van der Waals surface area contributed by atoms with Crippen LogP contribution in [0.4, 0.5) is 5.69 Å². The van der Waals surface area contributed by atoms with Crippen LogP contribution in [0.2, 0.25) is 0 Å². The van der Waals surface area contributed by atoms with Crippen LogP contribution in [-0.4, -0.2) is 5.91 Å². The number of amides is 1. The molecule has 0 unspecified atom stereocenters. The second kappa shape index (κ2) is 6.08. The summed E-state index contributed by atoms with van der Waals surface area (Å²) >= 11 is 3.49. The number of carbonyl (C=O) groups excluding carboxylic acids is 1. The molecule has 1 saturated carbocycles. The van der Waals surface area contributed by atoms with Crippen LogP contribution in [0.25, 0.3) is 0 Å². The van der Waals surface area contributed by atoms with Crippen LogP contribution >= 0.6 is 15.9 Å². The SMILES string of the molecule is CC(C)CC1(C(=O)Nc2ccccc2Br)CCCC1. The fourth-order valence-corrected chi connectivity index (χ4v) is 3.56. The van der Waals surface area contributed by atoms with Crippen molar-refractivity contribution in [2.45, 2.75) is 46.0 Å². The van der Waals surface area contributed by atoms with Gasteiger partial charge in [-0.05, 0) is 53.2 Å². The van der Waals surface area contributed by atoms with Crippen LogP contribution in [0, 0.1) is 11.3 Å². The first-order valence-electron chi connectivity index (χ1n) is 7.09. The maximum absolute atomic E-state index is 12.7. The van der Waals surface area contributed by atoms with Crippen molar-refractivity contribution >= 4 is 27.5 Å². The summed E-state index contributed by atoms with van der Waals surface area (Å²) in [5.41, 5.74) is 0.728. The van der Waals surface area contributed by atoms with Crippen molar-refractivity contribution < 1.29 is 4.79 Å². The molecular weight excluding hydrogens is 302 g/mol. The number of carbonyl (C=O) groups is 1. The minimum atomic E-state index is -0.149. The van der Waals surface area contributed by atoms with Gasteiger partial charge in [-0.25, -0.2) is 0 Å². The van der Waals surface area contributed by atoms with E-state index in [1.807, 2.05) is 24.3 Å². The van der Waals surface area contributed by atoms with E-state index in [1.54, 1.807) is 0 Å². The van der Waals surface area contributed by atoms with Crippen LogP contribution < -0.4 is 5.32 Å². The largest absolute Gasteiger partial charge is 0.325 e. The third-order valence-corrected chi connectivity index (χ3v) is 4.65. The van der Waals surface area contributed by atoms with E-state index in [-0.39, 0.29) is 11.3 Å². The quantitative estimate of drug-likeness (QED) is 0.830. The molecule has 2 nitrogen and oxygen atoms in total. The molecule has 1 aliphatic rings. The number of anilines is 1. The Morgan fingerprint density at radius 1 is 1.32 bits per heavy atom. The Morgan fingerprint density at radius 2 is 1.95 bits per heavy atom. The molecule has 3 heteroatoms. The highest BCUT2D eigenvalue weighted by molar-refractivity contribution is 9.10. The van der Waals surface area contributed by atoms with E-state index >= 15 is 0 Å². The van der Waals surface area contributed by atoms with Crippen LogP contribution in [0.1, 0.15) is 46.0 Å². The molecule has 0 saturated heterocycles. The zero-order chi connectivity index (χ0) is 13.9. The maximum Gasteiger partial charge on any atom is 0.230 e. The molecule has 1 N–H and O–H groups in total. The van der Waals surface area contributed by atoms with E-state index in [9.17, 15) is 4.79 Å². The van der Waals surface area contributed by atoms with Crippen molar-refractivity contribution in [2.24, 2.45) is 11.3 Å². The molecule has 0 aromatic heterocycles. The number of rotatable bonds is 4. The Labute approximate surface area is 124 Å². The molecule has 1 aromatic carbocycles. The zero-order valence-corrected chi connectivity index (χ0v) is 13.3. The smallest absolute Gasteiger partial charge is 0.230 e. The fourth-order valence-electron chi connectivity index (χ4n) is 3.17. The van der Waals surface area contributed by atoms with E-state index in [4.69, 9.17) is 0 Å². The molecule has 1 amide bonds. The van der Waals surface area contributed by atoms with Gasteiger partial charge in [-0.1, -0.05) is 38.8 Å². The van der Waals surface area contributed by atoms with Crippen molar-refractivity contribution in [3.63, 3.8) is 0 Å². The van der Waals surface area contributed by atoms with Gasteiger partial charge >= 0.3 is 0 Å². The number of nitrogens with one attached hydrogen (secondary N) is 1. The predicted octanol–water partition coefficient (Wildman–Crippen LogP) is 4.99. The zero-order valence-electron chi connectivity index (χ0n) is 11.7. The highest BCUT2D eigenvalue weighted by Crippen LogP contribution is 2.44. The number of hydrogen-bond acceptors (Lipinski definition) is 1. The minimum absolute atomic E-state index is 0.149. The molecule has 0 aliphatic heterocycles. The average molecular weight is 324 g/mol. The highest BCUT2D eigenvalue weighted by Gasteiger charge is 2.41. The van der Waals surface area contributed by atoms with Crippen molar-refractivity contribution in [3.8, 4) is 0 Å². The van der Waals surface area contributed by atoms with Crippen molar-refractivity contribution in [1.82, 2.24) is 0 Å². The summed E-state index contributed by atoms with van der Waals surface area (Å²) in [7, 11) is 0. The summed E-state index contributed by atoms with van der Waals surface area (Å²) in [6.07, 6.45) is 5.40. The van der Waals surface area contributed by atoms with Crippen LogP contribution in [-0.2, 0) is 4.79 Å². The number of benzene rings is 1. The second-order valence-electron chi connectivity index (χ2n) is 6.02. The van der Waals surface area contributed by atoms with Gasteiger partial charge in [0.1, 0.15) is 0 Å². The molecule has 1 aliphatic carbocycles. The first-order valence-corrected chi connectivity index (χ1v) is 7.89. The Hall–Kier alpha value is -0.830. The highest BCUT2D eigenvalue weighted by atomic mass is 79.9. The van der Waals surface area contributed by atoms with E-state index in [0.717, 1.165) is 29.4 Å². The fraction of sp³-hybridized carbons (Fsp3) is 0.562. The van der Waals surface area contributed by atoms with Crippen LogP contribution in [0.15, 0.2) is 28.7 Å². The summed E-state index contributed by atoms with van der Waals surface area (Å²) < 4.78 is 0.945. The second-order valence-corrected chi connectivity index (χ2v) is 6.87. The van der Waals surface area contributed by atoms with Crippen molar-refractivity contribution in [2.75, 3.05) is 5.32 Å². The van der Waals surface area contributed by atoms with E-state index < -0.39 is 0 Å². The summed E-state index contributed by atoms with van der Waals surface area (Å²) in [6.45, 7) is 4.40. The lowest BCUT2D eigenvalue weighted by atomic mass is 9.77. The standard InChI is InChI=1S/C16H22BrNO/c1-12(2)11-16(9-5-6-10-16)15(19)18-14-8-4-3-7-13(14)17/h3-4,7-8,12H,5-6,9-11H2,1-2H3,(H,18,19). The van der Waals surface area contributed by atoms with Crippen LogP contribution in [0.3, 0.4) is 0 Å². The Balaban J connectivity index is 2.15. The summed E-state index contributed by atoms with van der Waals surface area (Å²) in [5.74, 6) is 0.758. The lowest BCUT2D eigenvalue weighted by Gasteiger charge is -2.29. The molecule has 104 valence electrons. The average Bonchev–Trinajstić information content (AvgIpc) is 2.81. The Kier molecular flexibility index (Phi) is 4.67. The van der Waals surface area contributed by atoms with E-state index in [0.29, 0.717) is 5.92 Å². The van der Waals surface area contributed by atoms with E-state index in [2.05, 4.69) is 35.1 Å². The normalized spacial score (nSPS) is 17.7. The lowest BCUT2D eigenvalue weighted by molar-refractivity contribution is -0.126. The Bertz CT molecular complexity index is 450. The molecule has 0 spiro atoms. The molecular formula is C16H22BrNO. The minimum Gasteiger partial charge on any atom is -0.325 e. The van der Waals surface area contributed by atoms with Crippen molar-refractivity contribution in [3.05, 3.63) is 28.7 Å². The van der Waals surface area contributed by atoms with Gasteiger partial charge in [0.05, 0.1) is 5.69 Å². The molecule has 1 aromatic rings. The number of halogens is 1. The predicted molar refractivity (Wildman–Crippen MR) is 83.1 cm³/mol. The molecule has 0 radical (unpaired) electrons. The molecule has 1 fully saturated rings. The third-order valence-electron chi connectivity index (χ3n) is 3.96. The van der Waals surface area contributed by atoms with Gasteiger partial charge < -0.3 is 5.32 Å². The van der Waals surface area contributed by atoms with Gasteiger partial charge in [0.15, 0.2) is 0 Å². The first kappa shape index (κ1) is 14.6. The van der Waals surface area contributed by atoms with Crippen molar-refractivity contribution in [1.29, 1.82) is 0 Å². The molecule has 0 heterocycles. The monoisotopic (exact) mass is 323 g/mol. The first-order chi connectivity index (χ1) is 9.03. The molecule has 0 atom stereocenters. The Morgan fingerprint density at radius 3 is 2.53 bits per heavy atom. The van der Waals surface area contributed by atoms with Gasteiger partial charge in [-0.15, -0.1) is 0 Å². The topological polar surface area (TPSA) is 29.1 Å². The van der Waals surface area contributed by atoms with Gasteiger partial charge in [-0.2, -0.15) is 0 Å². The summed E-state index contributed by atoms with van der Waals surface area (Å²) in [6, 6.07) is 7.81. The molecule has 2 rings (SSSR count). The molecule has 0 bridgehead atoms. The van der Waals surface area contributed by atoms with E-state index in [1.165, 1.54) is 12.8 Å². The number of para-hydroxylation sites is 1. The van der Waals surface area contributed by atoms with Gasteiger partial charge in [0.25, 0.3) is 0 Å². The van der Waals surface area contributed by atoms with Gasteiger partial charge in [-0.3, -0.25) is 4.79 Å². The molecule has 19 heavy (non-hydrogen) atoms. The summed E-state index contributed by atoms with van der Waals surface area (Å²) in [5, 5.41) is 3.11. The summed E-state index contributed by atoms with van der Waals surface area (Å²) in [4.78, 5) is 12.7. The van der Waals surface area contributed by atoms with Crippen LogP contribution in [0.5, 0.6) is 0 Å². The maximum atomic E-state index is 12.7. The lowest BCUT2D eigenvalue weighted by Crippen LogP contribution is -2.35.